The van der Waals surface area contributed by atoms with E-state index in [2.05, 4.69) is 16.0 Å². The van der Waals surface area contributed by atoms with Crippen molar-refractivity contribution in [2.45, 2.75) is 31.8 Å². The summed E-state index contributed by atoms with van der Waals surface area (Å²) in [4.78, 5) is 69.0. The van der Waals surface area contributed by atoms with Crippen molar-refractivity contribution in [3.05, 3.63) is 41.5 Å². The molecule has 0 saturated heterocycles. The SMILES string of the molecule is CC(NC(=O)[C@H](CCC(=O)O)NC(=O)CNC(=O)c1ccc(/C=C/C(=O)O)cc1)C(N)=O. The highest BCUT2D eigenvalue weighted by Crippen LogP contribution is 2.06. The molecule has 0 aromatic heterocycles. The van der Waals surface area contributed by atoms with Crippen LogP contribution >= 0.6 is 0 Å². The van der Waals surface area contributed by atoms with Crippen molar-refractivity contribution in [2.24, 2.45) is 5.73 Å². The lowest BCUT2D eigenvalue weighted by atomic mass is 10.1. The molecule has 7 N–H and O–H groups in total. The minimum absolute atomic E-state index is 0.209. The minimum Gasteiger partial charge on any atom is -0.481 e. The Balaban J connectivity index is 2.67. The lowest BCUT2D eigenvalue weighted by Gasteiger charge is -2.20. The van der Waals surface area contributed by atoms with Gasteiger partial charge < -0.3 is 31.9 Å². The molecule has 1 aromatic carbocycles. The molecule has 0 fully saturated rings. The molecule has 2 atom stereocenters. The van der Waals surface area contributed by atoms with Gasteiger partial charge in [-0.05, 0) is 37.1 Å². The van der Waals surface area contributed by atoms with E-state index >= 15 is 0 Å². The van der Waals surface area contributed by atoms with Crippen LogP contribution in [0.15, 0.2) is 30.3 Å². The molecule has 0 heterocycles. The van der Waals surface area contributed by atoms with Gasteiger partial charge in [0.25, 0.3) is 5.91 Å². The number of nitrogens with two attached hydrogens (primary N) is 1. The summed E-state index contributed by atoms with van der Waals surface area (Å²) in [5.74, 6) is -5.24. The standard InChI is InChI=1S/C20H24N4O8/c1-11(18(21)30)23-20(32)14(7-9-17(28)29)24-15(25)10-22-19(31)13-5-2-12(3-6-13)4-8-16(26)27/h2-6,8,11,14H,7,9-10H2,1H3,(H2,21,30)(H,22,31)(H,23,32)(H,24,25)(H,26,27)(H,28,29)/b8-4+/t11?,14-/m0/s1. The predicted octanol–water partition coefficient (Wildman–Crippen LogP) is -1.15. The lowest BCUT2D eigenvalue weighted by Crippen LogP contribution is -2.53. The number of amides is 4. The van der Waals surface area contributed by atoms with Crippen LogP contribution < -0.4 is 21.7 Å². The fourth-order valence-corrected chi connectivity index (χ4v) is 2.34. The number of rotatable bonds is 12. The second-order valence-corrected chi connectivity index (χ2v) is 6.66. The molecule has 172 valence electrons. The van der Waals surface area contributed by atoms with Crippen molar-refractivity contribution in [1.82, 2.24) is 16.0 Å². The molecule has 0 aliphatic rings. The summed E-state index contributed by atoms with van der Waals surface area (Å²) in [6.07, 6.45) is 1.63. The van der Waals surface area contributed by atoms with Gasteiger partial charge in [0.15, 0.2) is 0 Å². The molecule has 1 aromatic rings. The van der Waals surface area contributed by atoms with Crippen LogP contribution in [0.25, 0.3) is 6.08 Å². The molecule has 1 unspecified atom stereocenters. The van der Waals surface area contributed by atoms with E-state index in [9.17, 15) is 28.8 Å². The number of aliphatic carboxylic acids is 2. The number of carboxylic acid groups (broad SMARTS) is 2. The first-order valence-electron chi connectivity index (χ1n) is 9.39. The monoisotopic (exact) mass is 448 g/mol. The fourth-order valence-electron chi connectivity index (χ4n) is 2.34. The average molecular weight is 448 g/mol. The maximum absolute atomic E-state index is 12.2. The Labute approximate surface area is 182 Å². The van der Waals surface area contributed by atoms with Gasteiger partial charge in [-0.15, -0.1) is 0 Å². The molecule has 32 heavy (non-hydrogen) atoms. The zero-order valence-electron chi connectivity index (χ0n) is 17.2. The second-order valence-electron chi connectivity index (χ2n) is 6.66. The van der Waals surface area contributed by atoms with Gasteiger partial charge in [0.2, 0.25) is 17.7 Å². The zero-order valence-corrected chi connectivity index (χ0v) is 17.2. The van der Waals surface area contributed by atoms with E-state index in [0.717, 1.165) is 6.08 Å². The Morgan fingerprint density at radius 1 is 1.03 bits per heavy atom. The van der Waals surface area contributed by atoms with Crippen LogP contribution in [0.3, 0.4) is 0 Å². The number of carbonyl (C=O) groups is 6. The molecule has 0 radical (unpaired) electrons. The Morgan fingerprint density at radius 3 is 2.19 bits per heavy atom. The van der Waals surface area contributed by atoms with Crippen LogP contribution in [0.4, 0.5) is 0 Å². The Morgan fingerprint density at radius 2 is 1.66 bits per heavy atom. The van der Waals surface area contributed by atoms with Crippen LogP contribution in [0.2, 0.25) is 0 Å². The molecule has 12 heteroatoms. The molecule has 0 spiro atoms. The van der Waals surface area contributed by atoms with E-state index in [4.69, 9.17) is 15.9 Å². The summed E-state index contributed by atoms with van der Waals surface area (Å²) in [5.41, 5.74) is 5.83. The third kappa shape index (κ3) is 9.52. The summed E-state index contributed by atoms with van der Waals surface area (Å²) < 4.78 is 0. The highest BCUT2D eigenvalue weighted by molar-refractivity contribution is 5.97. The van der Waals surface area contributed by atoms with Gasteiger partial charge in [-0.1, -0.05) is 12.1 Å². The molecule has 0 bridgehead atoms. The lowest BCUT2D eigenvalue weighted by molar-refractivity contribution is -0.138. The first-order chi connectivity index (χ1) is 15.0. The fraction of sp³-hybridized carbons (Fsp3) is 0.300. The van der Waals surface area contributed by atoms with Crippen LogP contribution in [0.1, 0.15) is 35.7 Å². The predicted molar refractivity (Wildman–Crippen MR) is 111 cm³/mol. The quantitative estimate of drug-likeness (QED) is 0.215. The molecule has 0 aliphatic heterocycles. The van der Waals surface area contributed by atoms with E-state index in [1.165, 1.54) is 37.3 Å². The zero-order chi connectivity index (χ0) is 24.3. The third-order valence-corrected chi connectivity index (χ3v) is 4.08. The molecule has 0 aliphatic carbocycles. The molecule has 4 amide bonds. The summed E-state index contributed by atoms with van der Waals surface area (Å²) in [6, 6.07) is 3.62. The Kier molecular flexibility index (Phi) is 10.1. The van der Waals surface area contributed by atoms with Gasteiger partial charge in [0, 0.05) is 18.1 Å². The smallest absolute Gasteiger partial charge is 0.328 e. The number of carboxylic acids is 2. The van der Waals surface area contributed by atoms with Crippen molar-refractivity contribution >= 4 is 41.6 Å². The summed E-state index contributed by atoms with van der Waals surface area (Å²) in [6.45, 7) is 0.834. The topological polar surface area (TPSA) is 205 Å². The van der Waals surface area contributed by atoms with E-state index in [1.54, 1.807) is 0 Å². The number of hydrogen-bond acceptors (Lipinski definition) is 6. The van der Waals surface area contributed by atoms with Crippen molar-refractivity contribution in [3.63, 3.8) is 0 Å². The summed E-state index contributed by atoms with van der Waals surface area (Å²) in [7, 11) is 0. The van der Waals surface area contributed by atoms with Crippen LogP contribution in [-0.4, -0.2) is 64.4 Å². The van der Waals surface area contributed by atoms with Gasteiger partial charge in [-0.2, -0.15) is 0 Å². The van der Waals surface area contributed by atoms with Crippen molar-refractivity contribution in [2.75, 3.05) is 6.54 Å². The van der Waals surface area contributed by atoms with Gasteiger partial charge >= 0.3 is 11.9 Å². The average Bonchev–Trinajstić information content (AvgIpc) is 2.73. The molecule has 0 saturated carbocycles. The van der Waals surface area contributed by atoms with E-state index in [-0.39, 0.29) is 12.0 Å². The van der Waals surface area contributed by atoms with Gasteiger partial charge in [0.1, 0.15) is 12.1 Å². The van der Waals surface area contributed by atoms with E-state index in [0.29, 0.717) is 5.56 Å². The largest absolute Gasteiger partial charge is 0.481 e. The highest BCUT2D eigenvalue weighted by atomic mass is 16.4. The summed E-state index contributed by atoms with van der Waals surface area (Å²) in [5, 5.41) is 24.4. The maximum Gasteiger partial charge on any atom is 0.328 e. The van der Waals surface area contributed by atoms with Crippen molar-refractivity contribution < 1.29 is 39.0 Å². The molecular weight excluding hydrogens is 424 g/mol. The van der Waals surface area contributed by atoms with Crippen LogP contribution in [0, 0.1) is 0 Å². The Hall–Kier alpha value is -4.22. The van der Waals surface area contributed by atoms with Gasteiger partial charge in [-0.25, -0.2) is 4.79 Å². The third-order valence-electron chi connectivity index (χ3n) is 4.08. The highest BCUT2D eigenvalue weighted by Gasteiger charge is 2.24. The van der Waals surface area contributed by atoms with Crippen molar-refractivity contribution in [3.8, 4) is 0 Å². The maximum atomic E-state index is 12.2. The number of primary amides is 1. The number of hydrogen-bond donors (Lipinski definition) is 6. The van der Waals surface area contributed by atoms with Crippen molar-refractivity contribution in [1.29, 1.82) is 0 Å². The molecule has 12 nitrogen and oxygen atoms in total. The number of nitrogens with one attached hydrogen (secondary N) is 3. The van der Waals surface area contributed by atoms with Gasteiger partial charge in [0.05, 0.1) is 6.54 Å². The van der Waals surface area contributed by atoms with E-state index in [1.807, 2.05) is 0 Å². The Bertz CT molecular complexity index is 911. The first-order valence-corrected chi connectivity index (χ1v) is 9.39. The number of benzene rings is 1. The first kappa shape index (κ1) is 25.8. The van der Waals surface area contributed by atoms with E-state index < -0.39 is 60.6 Å². The second kappa shape index (κ2) is 12.5. The minimum atomic E-state index is -1.25. The van der Waals surface area contributed by atoms with Gasteiger partial charge in [-0.3, -0.25) is 24.0 Å². The van der Waals surface area contributed by atoms with Crippen LogP contribution in [0.5, 0.6) is 0 Å². The number of carbonyl (C=O) groups excluding carboxylic acids is 4. The molecular formula is C20H24N4O8. The molecule has 1 rings (SSSR count). The summed E-state index contributed by atoms with van der Waals surface area (Å²) >= 11 is 0. The van der Waals surface area contributed by atoms with Crippen LogP contribution in [-0.2, 0) is 24.0 Å². The normalized spacial score (nSPS) is 12.4.